The molecule has 0 spiro atoms. The summed E-state index contributed by atoms with van der Waals surface area (Å²) in [4.78, 5) is 30.1. The fraction of sp³-hybridized carbons (Fsp3) is 0.321. The first kappa shape index (κ1) is 29.2. The van der Waals surface area contributed by atoms with E-state index >= 15 is 0 Å². The number of amides is 2. The van der Waals surface area contributed by atoms with Crippen molar-refractivity contribution in [3.63, 3.8) is 0 Å². The summed E-state index contributed by atoms with van der Waals surface area (Å²) in [5.41, 5.74) is 7.87. The van der Waals surface area contributed by atoms with Gasteiger partial charge in [-0.2, -0.15) is 0 Å². The molecular formula is C28H31ClF2N4O3. The van der Waals surface area contributed by atoms with Crippen LogP contribution in [0.3, 0.4) is 0 Å². The number of primary amides is 1. The van der Waals surface area contributed by atoms with Crippen LogP contribution in [0.25, 0.3) is 0 Å². The average Bonchev–Trinajstić information content (AvgIpc) is 2.87. The molecule has 3 aromatic rings. The summed E-state index contributed by atoms with van der Waals surface area (Å²) in [7, 11) is 0. The number of carbonyl (C=O) groups is 2. The Kier molecular flexibility index (Phi) is 10.7. The number of aryl methyl sites for hydroxylation is 1. The van der Waals surface area contributed by atoms with Gasteiger partial charge in [-0.05, 0) is 53.8 Å². The highest BCUT2D eigenvalue weighted by Crippen LogP contribution is 2.29. The van der Waals surface area contributed by atoms with E-state index in [4.69, 9.17) is 17.3 Å². The lowest BCUT2D eigenvalue weighted by Gasteiger charge is -2.35. The fourth-order valence-electron chi connectivity index (χ4n) is 4.24. The Hall–Kier alpha value is -3.40. The van der Waals surface area contributed by atoms with Gasteiger partial charge in [0.1, 0.15) is 11.6 Å². The van der Waals surface area contributed by atoms with Crippen LogP contribution in [-0.2, 0) is 29.0 Å². The van der Waals surface area contributed by atoms with E-state index in [1.807, 2.05) is 18.2 Å². The number of aliphatic hydroxyl groups excluding tert-OH is 1. The van der Waals surface area contributed by atoms with Crippen molar-refractivity contribution < 1.29 is 23.5 Å². The van der Waals surface area contributed by atoms with Crippen molar-refractivity contribution in [2.75, 3.05) is 11.4 Å². The van der Waals surface area contributed by atoms with Crippen LogP contribution in [0.15, 0.2) is 60.8 Å². The molecule has 0 aliphatic rings. The molecule has 0 saturated heterocycles. The van der Waals surface area contributed by atoms with Crippen LogP contribution in [0.5, 0.6) is 0 Å². The number of rotatable bonds is 13. The van der Waals surface area contributed by atoms with E-state index in [1.54, 1.807) is 12.1 Å². The SMILES string of the molecule is CCc1cccc(CNC[C@@H](O)[C@H](Cc2cc(F)cc(F)c2)N(C(=O)CCC(N)=O)c2cccnc2Cl)c1. The number of anilines is 1. The highest BCUT2D eigenvalue weighted by Gasteiger charge is 2.33. The Bertz CT molecular complexity index is 1240. The Labute approximate surface area is 225 Å². The van der Waals surface area contributed by atoms with Crippen molar-refractivity contribution >= 4 is 29.1 Å². The topological polar surface area (TPSA) is 109 Å². The lowest BCUT2D eigenvalue weighted by molar-refractivity contribution is -0.124. The van der Waals surface area contributed by atoms with Crippen LogP contribution in [0.2, 0.25) is 5.15 Å². The van der Waals surface area contributed by atoms with Crippen LogP contribution in [0.4, 0.5) is 14.5 Å². The molecule has 2 atom stereocenters. The predicted octanol–water partition coefficient (Wildman–Crippen LogP) is 3.94. The van der Waals surface area contributed by atoms with Gasteiger partial charge >= 0.3 is 0 Å². The minimum absolute atomic E-state index is 0.00751. The number of aliphatic hydroxyl groups is 1. The molecule has 0 radical (unpaired) electrons. The van der Waals surface area contributed by atoms with Gasteiger partial charge in [-0.15, -0.1) is 0 Å². The maximum Gasteiger partial charge on any atom is 0.227 e. The number of nitrogens with one attached hydrogen (secondary N) is 1. The first-order valence-electron chi connectivity index (χ1n) is 12.3. The molecule has 0 aliphatic heterocycles. The molecular weight excluding hydrogens is 514 g/mol. The van der Waals surface area contributed by atoms with Crippen LogP contribution in [-0.4, -0.2) is 40.6 Å². The molecule has 0 fully saturated rings. The highest BCUT2D eigenvalue weighted by atomic mass is 35.5. The summed E-state index contributed by atoms with van der Waals surface area (Å²) in [5.74, 6) is -2.78. The first-order valence-corrected chi connectivity index (χ1v) is 12.7. The van der Waals surface area contributed by atoms with E-state index in [2.05, 4.69) is 23.3 Å². The fourth-order valence-corrected chi connectivity index (χ4v) is 4.45. The lowest BCUT2D eigenvalue weighted by Crippen LogP contribution is -2.52. The van der Waals surface area contributed by atoms with Crippen LogP contribution in [0.1, 0.15) is 36.5 Å². The van der Waals surface area contributed by atoms with E-state index in [0.29, 0.717) is 6.54 Å². The number of nitrogens with two attached hydrogens (primary N) is 1. The van der Waals surface area contributed by atoms with E-state index in [-0.39, 0.29) is 42.2 Å². The monoisotopic (exact) mass is 544 g/mol. The van der Waals surface area contributed by atoms with Gasteiger partial charge in [0.15, 0.2) is 5.15 Å². The van der Waals surface area contributed by atoms with Crippen LogP contribution >= 0.6 is 11.6 Å². The van der Waals surface area contributed by atoms with Crippen molar-refractivity contribution in [2.45, 2.75) is 51.3 Å². The molecule has 1 aromatic heterocycles. The molecule has 7 nitrogen and oxygen atoms in total. The zero-order chi connectivity index (χ0) is 27.7. The first-order chi connectivity index (χ1) is 18.2. The van der Waals surface area contributed by atoms with Gasteiger partial charge in [-0.1, -0.05) is 42.8 Å². The molecule has 0 saturated carbocycles. The van der Waals surface area contributed by atoms with Gasteiger partial charge in [0.05, 0.1) is 17.8 Å². The quantitative estimate of drug-likeness (QED) is 0.282. The van der Waals surface area contributed by atoms with Gasteiger partial charge in [0.25, 0.3) is 0 Å². The smallest absolute Gasteiger partial charge is 0.227 e. The Balaban J connectivity index is 1.93. The molecule has 0 unspecified atom stereocenters. The number of carbonyl (C=O) groups excluding carboxylic acids is 2. The maximum atomic E-state index is 14.0. The Morgan fingerprint density at radius 3 is 2.42 bits per heavy atom. The average molecular weight is 545 g/mol. The van der Waals surface area contributed by atoms with Crippen LogP contribution < -0.4 is 16.0 Å². The normalized spacial score (nSPS) is 12.7. The molecule has 202 valence electrons. The van der Waals surface area contributed by atoms with Crippen molar-refractivity contribution in [1.29, 1.82) is 0 Å². The van der Waals surface area contributed by atoms with E-state index in [9.17, 15) is 23.5 Å². The summed E-state index contributed by atoms with van der Waals surface area (Å²) in [6, 6.07) is 13.1. The molecule has 4 N–H and O–H groups in total. The lowest BCUT2D eigenvalue weighted by atomic mass is 9.97. The summed E-state index contributed by atoms with van der Waals surface area (Å²) < 4.78 is 28.0. The number of pyridine rings is 1. The molecule has 3 rings (SSSR count). The maximum absolute atomic E-state index is 14.0. The van der Waals surface area contributed by atoms with Gasteiger partial charge in [0.2, 0.25) is 11.8 Å². The van der Waals surface area contributed by atoms with Gasteiger partial charge in [0, 0.05) is 38.2 Å². The minimum Gasteiger partial charge on any atom is -0.390 e. The van der Waals surface area contributed by atoms with Crippen molar-refractivity contribution in [3.05, 3.63) is 94.3 Å². The van der Waals surface area contributed by atoms with Crippen LogP contribution in [0, 0.1) is 11.6 Å². The van der Waals surface area contributed by atoms with Gasteiger partial charge < -0.3 is 21.1 Å². The van der Waals surface area contributed by atoms with Crippen molar-refractivity contribution in [1.82, 2.24) is 10.3 Å². The third kappa shape index (κ3) is 8.31. The highest BCUT2D eigenvalue weighted by molar-refractivity contribution is 6.32. The third-order valence-corrected chi connectivity index (χ3v) is 6.37. The summed E-state index contributed by atoms with van der Waals surface area (Å²) in [6.45, 7) is 2.56. The molecule has 10 heteroatoms. The summed E-state index contributed by atoms with van der Waals surface area (Å²) in [5, 5.41) is 14.5. The Morgan fingerprint density at radius 1 is 1.05 bits per heavy atom. The van der Waals surface area contributed by atoms with Gasteiger partial charge in [-0.25, -0.2) is 13.8 Å². The predicted molar refractivity (Wildman–Crippen MR) is 143 cm³/mol. The summed E-state index contributed by atoms with van der Waals surface area (Å²) in [6.07, 6.45) is 0.559. The number of nitrogens with zero attached hydrogens (tertiary/aromatic N) is 2. The second kappa shape index (κ2) is 13.9. The Morgan fingerprint density at radius 2 is 1.76 bits per heavy atom. The number of hydrogen-bond donors (Lipinski definition) is 3. The largest absolute Gasteiger partial charge is 0.390 e. The zero-order valence-electron chi connectivity index (χ0n) is 21.0. The van der Waals surface area contributed by atoms with Gasteiger partial charge in [-0.3, -0.25) is 9.59 Å². The standard InChI is InChI=1S/C28H31ClF2N4O3/c1-2-18-5-3-6-19(11-18)16-33-17-25(36)24(14-20-12-21(30)15-22(31)13-20)35(27(38)9-8-26(32)37)23-7-4-10-34-28(23)29/h3-7,10-13,15,24-25,33,36H,2,8-9,14,16-17H2,1H3,(H2,32,37)/t24-,25+/m0/s1. The van der Waals surface area contributed by atoms with E-state index in [1.165, 1.54) is 16.7 Å². The second-order valence-electron chi connectivity index (χ2n) is 8.96. The van der Waals surface area contributed by atoms with Crippen molar-refractivity contribution in [2.24, 2.45) is 5.73 Å². The second-order valence-corrected chi connectivity index (χ2v) is 9.32. The minimum atomic E-state index is -1.19. The molecule has 2 aromatic carbocycles. The molecule has 0 aliphatic carbocycles. The number of halogens is 3. The molecule has 0 bridgehead atoms. The number of aromatic nitrogens is 1. The number of benzene rings is 2. The summed E-state index contributed by atoms with van der Waals surface area (Å²) >= 11 is 6.33. The zero-order valence-corrected chi connectivity index (χ0v) is 21.8. The molecule has 38 heavy (non-hydrogen) atoms. The van der Waals surface area contributed by atoms with E-state index < -0.39 is 35.6 Å². The molecule has 1 heterocycles. The third-order valence-electron chi connectivity index (χ3n) is 6.08. The number of hydrogen-bond acceptors (Lipinski definition) is 5. The van der Waals surface area contributed by atoms with Crippen molar-refractivity contribution in [3.8, 4) is 0 Å². The molecule has 2 amide bonds. The van der Waals surface area contributed by atoms with E-state index in [0.717, 1.165) is 30.2 Å².